The number of hydrogen-bond acceptors (Lipinski definition) is 9. The molecule has 1 aliphatic heterocycles. The average molecular weight is 424 g/mol. The minimum Gasteiger partial charge on any atom is -0.480 e. The van der Waals surface area contributed by atoms with Crippen LogP contribution in [0, 0.1) is 5.92 Å². The Hall–Kier alpha value is -3.07. The van der Waals surface area contributed by atoms with Crippen LogP contribution in [0.2, 0.25) is 0 Å². The average Bonchev–Trinajstić information content (AvgIpc) is 2.82. The van der Waals surface area contributed by atoms with Crippen molar-refractivity contribution in [1.29, 1.82) is 0 Å². The van der Waals surface area contributed by atoms with E-state index in [9.17, 15) is 5.11 Å². The minimum absolute atomic E-state index is 0.118. The smallest absolute Gasteiger partial charge is 0.233 e. The highest BCUT2D eigenvalue weighted by molar-refractivity contribution is 5.91. The molecule has 9 heteroatoms. The van der Waals surface area contributed by atoms with Crippen molar-refractivity contribution < 1.29 is 9.84 Å². The molecule has 1 aromatic carbocycles. The van der Waals surface area contributed by atoms with E-state index < -0.39 is 0 Å². The number of rotatable bonds is 8. The number of anilines is 2. The molecular weight excluding hydrogens is 394 g/mol. The fourth-order valence-corrected chi connectivity index (χ4v) is 4.26. The molecule has 164 valence electrons. The summed E-state index contributed by atoms with van der Waals surface area (Å²) in [6.45, 7) is 5.45. The molecular formula is C22H29N7O2. The Morgan fingerprint density at radius 1 is 1.16 bits per heavy atom. The largest absolute Gasteiger partial charge is 0.480 e. The second-order valence-electron chi connectivity index (χ2n) is 7.84. The van der Waals surface area contributed by atoms with Crippen LogP contribution in [0.1, 0.15) is 25.5 Å². The van der Waals surface area contributed by atoms with Gasteiger partial charge in [0.15, 0.2) is 5.82 Å². The van der Waals surface area contributed by atoms with Crippen molar-refractivity contribution in [1.82, 2.24) is 25.6 Å². The lowest BCUT2D eigenvalue weighted by molar-refractivity contribution is 0.302. The summed E-state index contributed by atoms with van der Waals surface area (Å²) >= 11 is 0. The van der Waals surface area contributed by atoms with Gasteiger partial charge in [0.2, 0.25) is 5.88 Å². The molecule has 0 amide bonds. The van der Waals surface area contributed by atoms with Crippen LogP contribution in [0.5, 0.6) is 5.88 Å². The van der Waals surface area contributed by atoms with Crippen molar-refractivity contribution in [3.8, 4) is 5.88 Å². The van der Waals surface area contributed by atoms with Crippen LogP contribution < -0.4 is 14.5 Å². The van der Waals surface area contributed by atoms with Gasteiger partial charge in [0.05, 0.1) is 19.4 Å². The Balaban J connectivity index is 1.53. The first-order valence-electron chi connectivity index (χ1n) is 10.8. The minimum atomic E-state index is 0.118. The summed E-state index contributed by atoms with van der Waals surface area (Å²) in [5, 5.41) is 31.4. The first kappa shape index (κ1) is 21.2. The van der Waals surface area contributed by atoms with Gasteiger partial charge in [-0.2, -0.15) is 5.10 Å². The fraction of sp³-hybridized carbons (Fsp3) is 0.500. The molecule has 0 spiro atoms. The topological polar surface area (TPSA) is 100 Å². The fourth-order valence-electron chi connectivity index (χ4n) is 4.26. The lowest BCUT2D eigenvalue weighted by atomic mass is 9.93. The van der Waals surface area contributed by atoms with Gasteiger partial charge >= 0.3 is 0 Å². The number of aliphatic hydroxyl groups excluding tert-OH is 1. The SMILES string of the molecule is CCN(CCO)c1ccc2c(N3CCCC(Cc4ccc(OC)nn4)C3)nnnc2c1. The van der Waals surface area contributed by atoms with Gasteiger partial charge in [0.25, 0.3) is 0 Å². The molecule has 0 radical (unpaired) electrons. The van der Waals surface area contributed by atoms with Gasteiger partial charge in [-0.15, -0.1) is 15.3 Å². The highest BCUT2D eigenvalue weighted by atomic mass is 16.5. The van der Waals surface area contributed by atoms with E-state index >= 15 is 0 Å². The van der Waals surface area contributed by atoms with Gasteiger partial charge in [-0.1, -0.05) is 0 Å². The molecule has 1 saturated heterocycles. The molecule has 4 rings (SSSR count). The second-order valence-corrected chi connectivity index (χ2v) is 7.84. The first-order chi connectivity index (χ1) is 15.2. The molecule has 1 atom stereocenters. The first-order valence-corrected chi connectivity index (χ1v) is 10.8. The van der Waals surface area contributed by atoms with E-state index in [4.69, 9.17) is 4.74 Å². The zero-order valence-corrected chi connectivity index (χ0v) is 18.1. The lowest BCUT2D eigenvalue weighted by Crippen LogP contribution is -2.37. The summed E-state index contributed by atoms with van der Waals surface area (Å²) in [5.41, 5.74) is 2.83. The highest BCUT2D eigenvalue weighted by Gasteiger charge is 2.24. The van der Waals surface area contributed by atoms with Crippen LogP contribution in [-0.2, 0) is 6.42 Å². The molecule has 2 aromatic heterocycles. The van der Waals surface area contributed by atoms with Gasteiger partial charge in [0.1, 0.15) is 5.52 Å². The Labute approximate surface area is 182 Å². The van der Waals surface area contributed by atoms with E-state index in [2.05, 4.69) is 54.5 Å². The predicted octanol–water partition coefficient (Wildman–Crippen LogP) is 2.10. The molecule has 1 fully saturated rings. The highest BCUT2D eigenvalue weighted by Crippen LogP contribution is 2.30. The van der Waals surface area contributed by atoms with Crippen molar-refractivity contribution in [2.45, 2.75) is 26.2 Å². The summed E-state index contributed by atoms with van der Waals surface area (Å²) in [6, 6.07) is 10.0. The van der Waals surface area contributed by atoms with Crippen LogP contribution in [0.25, 0.3) is 10.9 Å². The molecule has 0 aliphatic carbocycles. The molecule has 3 aromatic rings. The normalized spacial score (nSPS) is 16.5. The molecule has 9 nitrogen and oxygen atoms in total. The van der Waals surface area contributed by atoms with Crippen molar-refractivity contribution >= 4 is 22.4 Å². The number of nitrogens with zero attached hydrogens (tertiary/aromatic N) is 7. The quantitative estimate of drug-likeness (QED) is 0.584. The monoisotopic (exact) mass is 423 g/mol. The Kier molecular flexibility index (Phi) is 6.71. The maximum atomic E-state index is 9.31. The molecule has 31 heavy (non-hydrogen) atoms. The zero-order chi connectivity index (χ0) is 21.6. The van der Waals surface area contributed by atoms with Crippen molar-refractivity contribution in [2.24, 2.45) is 5.92 Å². The standard InChI is InChI=1S/C22H29N7O2/c1-3-28(11-12-30)18-7-8-19-20(14-18)24-27-26-22(19)29-10-4-5-16(15-29)13-17-6-9-21(31-2)25-23-17/h6-9,14,16,30H,3-5,10-13,15H2,1-2H3. The third-order valence-corrected chi connectivity index (χ3v) is 5.85. The Bertz CT molecular complexity index is 999. The maximum absolute atomic E-state index is 9.31. The van der Waals surface area contributed by atoms with Crippen LogP contribution in [0.15, 0.2) is 30.3 Å². The Morgan fingerprint density at radius 2 is 2.06 bits per heavy atom. The number of aliphatic hydroxyl groups is 1. The molecule has 0 saturated carbocycles. The number of likely N-dealkylation sites (N-methyl/N-ethyl adjacent to an activating group) is 1. The van der Waals surface area contributed by atoms with E-state index in [0.29, 0.717) is 18.3 Å². The van der Waals surface area contributed by atoms with Gasteiger partial charge in [-0.05, 0) is 61.6 Å². The van der Waals surface area contributed by atoms with Crippen molar-refractivity contribution in [2.75, 3.05) is 49.7 Å². The van der Waals surface area contributed by atoms with Crippen molar-refractivity contribution in [3.05, 3.63) is 36.0 Å². The molecule has 1 aliphatic rings. The molecule has 3 heterocycles. The summed E-state index contributed by atoms with van der Waals surface area (Å²) < 4.78 is 5.10. The number of fused-ring (bicyclic) bond motifs is 1. The maximum Gasteiger partial charge on any atom is 0.233 e. The molecule has 1 N–H and O–H groups in total. The lowest BCUT2D eigenvalue weighted by Gasteiger charge is -2.33. The van der Waals surface area contributed by atoms with Crippen LogP contribution in [-0.4, -0.2) is 70.6 Å². The number of ether oxygens (including phenoxy) is 1. The number of aromatic nitrogens is 5. The second kappa shape index (κ2) is 9.82. The third kappa shape index (κ3) is 4.82. The third-order valence-electron chi connectivity index (χ3n) is 5.85. The summed E-state index contributed by atoms with van der Waals surface area (Å²) in [5.74, 6) is 1.89. The van der Waals surface area contributed by atoms with E-state index in [1.54, 1.807) is 7.11 Å². The van der Waals surface area contributed by atoms with Gasteiger partial charge in [-0.3, -0.25) is 0 Å². The Morgan fingerprint density at radius 3 is 2.81 bits per heavy atom. The molecule has 0 bridgehead atoms. The number of hydrogen-bond donors (Lipinski definition) is 1. The zero-order valence-electron chi connectivity index (χ0n) is 18.1. The number of benzene rings is 1. The van der Waals surface area contributed by atoms with E-state index in [-0.39, 0.29) is 6.61 Å². The van der Waals surface area contributed by atoms with E-state index in [0.717, 1.165) is 67.0 Å². The predicted molar refractivity (Wildman–Crippen MR) is 120 cm³/mol. The van der Waals surface area contributed by atoms with E-state index in [1.807, 2.05) is 18.2 Å². The van der Waals surface area contributed by atoms with Gasteiger partial charge in [-0.25, -0.2) is 0 Å². The van der Waals surface area contributed by atoms with Crippen LogP contribution in [0.3, 0.4) is 0 Å². The van der Waals surface area contributed by atoms with E-state index in [1.165, 1.54) is 0 Å². The number of methoxy groups -OCH3 is 1. The van der Waals surface area contributed by atoms with Crippen molar-refractivity contribution in [3.63, 3.8) is 0 Å². The van der Waals surface area contributed by atoms with Gasteiger partial charge in [0, 0.05) is 43.3 Å². The summed E-state index contributed by atoms with van der Waals surface area (Å²) in [4.78, 5) is 4.43. The number of piperidine rings is 1. The summed E-state index contributed by atoms with van der Waals surface area (Å²) in [7, 11) is 1.60. The molecule has 1 unspecified atom stereocenters. The van der Waals surface area contributed by atoms with Gasteiger partial charge < -0.3 is 19.6 Å². The van der Waals surface area contributed by atoms with Crippen LogP contribution >= 0.6 is 0 Å². The summed E-state index contributed by atoms with van der Waals surface area (Å²) in [6.07, 6.45) is 3.12. The van der Waals surface area contributed by atoms with Crippen LogP contribution in [0.4, 0.5) is 11.5 Å².